The van der Waals surface area contributed by atoms with Crippen LogP contribution in [-0.2, 0) is 56.8 Å². The Morgan fingerprint density at radius 3 is 0.689 bits per heavy atom. The summed E-state index contributed by atoms with van der Waals surface area (Å²) in [6.07, 6.45) is 7.68. The fraction of sp³-hybridized carbons (Fsp3) is 1.00. The van der Waals surface area contributed by atoms with Crippen molar-refractivity contribution in [1.82, 2.24) is 0 Å². The zero-order valence-corrected chi connectivity index (χ0v) is 28.4. The molecule has 0 aromatic heterocycles. The van der Waals surface area contributed by atoms with E-state index in [4.69, 9.17) is 62.6 Å². The van der Waals surface area contributed by atoms with Crippen LogP contribution in [0.5, 0.6) is 0 Å². The minimum atomic E-state index is 0.516. The van der Waals surface area contributed by atoms with E-state index < -0.39 is 0 Å². The van der Waals surface area contributed by atoms with Crippen LogP contribution < -0.4 is 5.73 Å². The number of nitrogens with two attached hydrogens (primary N) is 1. The zero-order valence-electron chi connectivity index (χ0n) is 28.4. The lowest BCUT2D eigenvalue weighted by molar-refractivity contribution is -0.0283. The van der Waals surface area contributed by atoms with E-state index in [1.807, 2.05) is 0 Å². The van der Waals surface area contributed by atoms with Crippen molar-refractivity contribution >= 4 is 0 Å². The van der Waals surface area contributed by atoms with Crippen molar-refractivity contribution in [2.24, 2.45) is 5.73 Å². The van der Waals surface area contributed by atoms with Gasteiger partial charge in [-0.3, -0.25) is 0 Å². The van der Waals surface area contributed by atoms with Gasteiger partial charge in [-0.1, -0.05) is 39.0 Å². The highest BCUT2D eigenvalue weighted by atomic mass is 16.6. The van der Waals surface area contributed by atoms with Gasteiger partial charge in [-0.15, -0.1) is 0 Å². The Morgan fingerprint density at radius 1 is 0.244 bits per heavy atom. The smallest absolute Gasteiger partial charge is 0.0701 e. The van der Waals surface area contributed by atoms with Gasteiger partial charge in [0.15, 0.2) is 0 Å². The van der Waals surface area contributed by atoms with Crippen LogP contribution in [0.2, 0.25) is 0 Å². The molecule has 0 heterocycles. The second-order valence-corrected chi connectivity index (χ2v) is 9.90. The summed E-state index contributed by atoms with van der Waals surface area (Å²) in [7, 11) is 0. The van der Waals surface area contributed by atoms with E-state index in [9.17, 15) is 0 Å². The first-order valence-electron chi connectivity index (χ1n) is 17.0. The summed E-state index contributed by atoms with van der Waals surface area (Å²) in [4.78, 5) is 0. The van der Waals surface area contributed by atoms with Gasteiger partial charge in [0.2, 0.25) is 0 Å². The number of hydrogen-bond acceptors (Lipinski definition) is 13. The minimum absolute atomic E-state index is 0.516. The van der Waals surface area contributed by atoms with E-state index in [-0.39, 0.29) is 0 Å². The normalized spacial score (nSPS) is 11.6. The average Bonchev–Trinajstić information content (AvgIpc) is 3.05. The van der Waals surface area contributed by atoms with Crippen molar-refractivity contribution < 1.29 is 56.8 Å². The lowest BCUT2D eigenvalue weighted by Gasteiger charge is -2.09. The van der Waals surface area contributed by atoms with Gasteiger partial charge in [0.1, 0.15) is 0 Å². The predicted molar refractivity (Wildman–Crippen MR) is 172 cm³/mol. The number of ether oxygens (including phenoxy) is 12. The summed E-state index contributed by atoms with van der Waals surface area (Å²) < 4.78 is 65.5. The first-order valence-corrected chi connectivity index (χ1v) is 17.0. The molecular weight excluding hydrogens is 590 g/mol. The molecule has 2 N–H and O–H groups in total. The molecular formula is C32H67NO12. The molecule has 45 heavy (non-hydrogen) atoms. The van der Waals surface area contributed by atoms with Gasteiger partial charge in [-0.25, -0.2) is 0 Å². The third-order valence-corrected chi connectivity index (χ3v) is 6.00. The molecule has 0 aliphatic heterocycles. The SMILES string of the molecule is CCCCCCCCOCCOCCOCCOCCOCCOCCOCCOCCOCCOCCOCCOCCN. The van der Waals surface area contributed by atoms with Gasteiger partial charge >= 0.3 is 0 Å². The molecule has 0 unspecified atom stereocenters. The lowest BCUT2D eigenvalue weighted by Crippen LogP contribution is -2.15. The molecule has 0 radical (unpaired) electrons. The largest absolute Gasteiger partial charge is 0.379 e. The molecule has 13 heteroatoms. The van der Waals surface area contributed by atoms with Crippen LogP contribution in [0.3, 0.4) is 0 Å². The average molecular weight is 658 g/mol. The van der Waals surface area contributed by atoms with Crippen LogP contribution in [-0.4, -0.2) is 165 Å². The molecule has 0 aromatic carbocycles. The van der Waals surface area contributed by atoms with Crippen LogP contribution in [0, 0.1) is 0 Å². The standard InChI is InChI=1S/C32H67NO12/c1-2-3-4-5-6-7-9-34-11-13-36-15-17-38-19-21-40-23-25-42-27-29-44-31-32-45-30-28-43-26-24-41-22-20-39-18-16-37-14-12-35-10-8-33/h2-33H2,1H3. The zero-order chi connectivity index (χ0) is 32.4. The maximum absolute atomic E-state index is 5.58. The predicted octanol–water partition coefficient (Wildman–Crippen LogP) is 2.50. The number of hydrogen-bond donors (Lipinski definition) is 1. The summed E-state index contributed by atoms with van der Waals surface area (Å²) in [5, 5.41) is 0. The monoisotopic (exact) mass is 657 g/mol. The highest BCUT2D eigenvalue weighted by Crippen LogP contribution is 2.04. The van der Waals surface area contributed by atoms with E-state index in [0.717, 1.165) is 13.0 Å². The fourth-order valence-corrected chi connectivity index (χ4v) is 3.59. The van der Waals surface area contributed by atoms with Crippen LogP contribution in [0.4, 0.5) is 0 Å². The number of rotatable bonds is 42. The third kappa shape index (κ3) is 43.5. The molecule has 0 rings (SSSR count). The fourth-order valence-electron chi connectivity index (χ4n) is 3.59. The Hall–Kier alpha value is -0.520. The second-order valence-electron chi connectivity index (χ2n) is 9.90. The first kappa shape index (κ1) is 44.5. The molecule has 0 aliphatic rings. The molecule has 0 aliphatic carbocycles. The topological polar surface area (TPSA) is 137 Å². The molecule has 13 nitrogen and oxygen atoms in total. The highest BCUT2D eigenvalue weighted by Gasteiger charge is 1.97. The molecule has 272 valence electrons. The van der Waals surface area contributed by atoms with Crippen molar-refractivity contribution in [2.75, 3.05) is 165 Å². The van der Waals surface area contributed by atoms with Gasteiger partial charge in [0, 0.05) is 13.2 Å². The van der Waals surface area contributed by atoms with Crippen molar-refractivity contribution in [3.63, 3.8) is 0 Å². The van der Waals surface area contributed by atoms with Gasteiger partial charge in [0.05, 0.1) is 152 Å². The Bertz CT molecular complexity index is 469. The summed E-state index contributed by atoms with van der Waals surface area (Å²) in [5.41, 5.74) is 5.33. The quantitative estimate of drug-likeness (QED) is 0.0964. The molecule has 0 aromatic rings. The Labute approximate surface area is 273 Å². The van der Waals surface area contributed by atoms with Crippen molar-refractivity contribution in [1.29, 1.82) is 0 Å². The van der Waals surface area contributed by atoms with E-state index in [2.05, 4.69) is 6.92 Å². The van der Waals surface area contributed by atoms with Gasteiger partial charge in [0.25, 0.3) is 0 Å². The van der Waals surface area contributed by atoms with Crippen molar-refractivity contribution in [2.45, 2.75) is 45.4 Å². The van der Waals surface area contributed by atoms with Gasteiger partial charge < -0.3 is 62.6 Å². The van der Waals surface area contributed by atoms with E-state index in [1.165, 1.54) is 32.1 Å². The van der Waals surface area contributed by atoms with Crippen LogP contribution >= 0.6 is 0 Å². The maximum Gasteiger partial charge on any atom is 0.0701 e. The molecule has 0 atom stereocenters. The van der Waals surface area contributed by atoms with E-state index >= 15 is 0 Å². The number of unbranched alkanes of at least 4 members (excludes halogenated alkanes) is 5. The molecule has 0 saturated carbocycles. The summed E-state index contributed by atoms with van der Waals surface area (Å²) in [6, 6.07) is 0. The lowest BCUT2D eigenvalue weighted by atomic mass is 10.1. The molecule has 0 saturated heterocycles. The van der Waals surface area contributed by atoms with Crippen LogP contribution in [0.15, 0.2) is 0 Å². The maximum atomic E-state index is 5.58. The first-order chi connectivity index (χ1) is 22.4. The third-order valence-electron chi connectivity index (χ3n) is 6.00. The Kier molecular flexibility index (Phi) is 43.0. The van der Waals surface area contributed by atoms with Gasteiger partial charge in [-0.2, -0.15) is 0 Å². The second kappa shape index (κ2) is 43.5. The van der Waals surface area contributed by atoms with Gasteiger partial charge in [-0.05, 0) is 6.42 Å². The van der Waals surface area contributed by atoms with Crippen molar-refractivity contribution in [3.8, 4) is 0 Å². The highest BCUT2D eigenvalue weighted by molar-refractivity contribution is 4.44. The van der Waals surface area contributed by atoms with E-state index in [0.29, 0.717) is 159 Å². The molecule has 0 fully saturated rings. The molecule has 0 spiro atoms. The summed E-state index contributed by atoms with van der Waals surface area (Å²) in [5.74, 6) is 0. The van der Waals surface area contributed by atoms with Crippen LogP contribution in [0.1, 0.15) is 45.4 Å². The molecule has 0 bridgehead atoms. The molecule has 0 amide bonds. The summed E-state index contributed by atoms with van der Waals surface area (Å²) >= 11 is 0. The van der Waals surface area contributed by atoms with E-state index in [1.54, 1.807) is 0 Å². The Balaban J connectivity index is 3.03. The van der Waals surface area contributed by atoms with Crippen LogP contribution in [0.25, 0.3) is 0 Å². The Morgan fingerprint density at radius 2 is 0.444 bits per heavy atom. The van der Waals surface area contributed by atoms with Crippen molar-refractivity contribution in [3.05, 3.63) is 0 Å². The summed E-state index contributed by atoms with van der Waals surface area (Å²) in [6.45, 7) is 16.0. The minimum Gasteiger partial charge on any atom is -0.379 e.